The lowest BCUT2D eigenvalue weighted by molar-refractivity contribution is -0.113. The van der Waals surface area contributed by atoms with Crippen molar-refractivity contribution in [3.05, 3.63) is 33.1 Å². The van der Waals surface area contributed by atoms with Crippen LogP contribution in [0.15, 0.2) is 22.2 Å². The molecule has 0 unspecified atom stereocenters. The van der Waals surface area contributed by atoms with Crippen molar-refractivity contribution in [2.24, 2.45) is 0 Å². The van der Waals surface area contributed by atoms with E-state index in [0.29, 0.717) is 11.0 Å². The van der Waals surface area contributed by atoms with Crippen LogP contribution in [0.2, 0.25) is 0 Å². The van der Waals surface area contributed by atoms with Gasteiger partial charge in [0.2, 0.25) is 5.91 Å². The average Bonchev–Trinajstić information content (AvgIpc) is 3.42. The molecule has 1 amide bonds. The largest absolute Gasteiger partial charge is 0.310 e. The molecule has 1 saturated carbocycles. The number of thioether (sulfide) groups is 1. The number of aryl methyl sites for hydroxylation is 2. The summed E-state index contributed by atoms with van der Waals surface area (Å²) in [6, 6.07) is 2.12. The maximum Gasteiger partial charge on any atom is 0.263 e. The Labute approximate surface area is 183 Å². The van der Waals surface area contributed by atoms with Gasteiger partial charge in [-0.1, -0.05) is 24.6 Å². The Morgan fingerprint density at radius 2 is 2.07 bits per heavy atom. The van der Waals surface area contributed by atoms with E-state index in [2.05, 4.69) is 10.4 Å². The van der Waals surface area contributed by atoms with Gasteiger partial charge in [0.25, 0.3) is 5.56 Å². The number of fused-ring (bicyclic) bond motifs is 1. The molecule has 3 aromatic rings. The van der Waals surface area contributed by atoms with E-state index in [0.717, 1.165) is 46.3 Å². The Morgan fingerprint density at radius 1 is 1.33 bits per heavy atom. The number of amides is 1. The first kappa shape index (κ1) is 21.1. The van der Waals surface area contributed by atoms with Gasteiger partial charge < -0.3 is 5.32 Å². The number of carbonyl (C=O) groups is 1. The molecule has 0 aromatic carbocycles. The van der Waals surface area contributed by atoms with Crippen LogP contribution in [0.4, 0.5) is 5.82 Å². The maximum absolute atomic E-state index is 13.4. The van der Waals surface area contributed by atoms with Gasteiger partial charge in [0.05, 0.1) is 17.3 Å². The summed E-state index contributed by atoms with van der Waals surface area (Å²) in [6.45, 7) is 8.05. The fraction of sp³-hybridized carbons (Fsp3) is 0.524. The van der Waals surface area contributed by atoms with Gasteiger partial charge in [-0.3, -0.25) is 14.2 Å². The average molecular weight is 446 g/mol. The number of anilines is 1. The van der Waals surface area contributed by atoms with Crippen LogP contribution in [0.25, 0.3) is 10.2 Å². The van der Waals surface area contributed by atoms with Crippen LogP contribution in [0.1, 0.15) is 62.1 Å². The quantitative estimate of drug-likeness (QED) is 0.439. The van der Waals surface area contributed by atoms with E-state index in [1.54, 1.807) is 28.3 Å². The molecule has 0 aliphatic heterocycles. The predicted molar refractivity (Wildman–Crippen MR) is 123 cm³/mol. The molecule has 0 radical (unpaired) electrons. The zero-order valence-electron chi connectivity index (χ0n) is 17.8. The Bertz CT molecular complexity index is 1140. The molecule has 0 spiro atoms. The molecule has 9 heteroatoms. The highest BCUT2D eigenvalue weighted by Gasteiger charge is 2.25. The van der Waals surface area contributed by atoms with Gasteiger partial charge in [-0.15, -0.1) is 11.3 Å². The zero-order valence-corrected chi connectivity index (χ0v) is 19.4. The van der Waals surface area contributed by atoms with E-state index in [1.165, 1.54) is 11.8 Å². The van der Waals surface area contributed by atoms with E-state index in [1.807, 2.05) is 32.3 Å². The summed E-state index contributed by atoms with van der Waals surface area (Å²) >= 11 is 2.89. The highest BCUT2D eigenvalue weighted by Crippen LogP contribution is 2.34. The zero-order chi connectivity index (χ0) is 21.4. The topological polar surface area (TPSA) is 81.8 Å². The second-order valence-corrected chi connectivity index (χ2v) is 10.2. The van der Waals surface area contributed by atoms with Gasteiger partial charge in [0.15, 0.2) is 5.16 Å². The number of hydrogen-bond donors (Lipinski definition) is 1. The third-order valence-corrected chi connectivity index (χ3v) is 7.71. The van der Waals surface area contributed by atoms with Crippen LogP contribution >= 0.6 is 23.1 Å². The van der Waals surface area contributed by atoms with Crippen molar-refractivity contribution in [2.45, 2.75) is 70.6 Å². The van der Waals surface area contributed by atoms with Crippen molar-refractivity contribution >= 4 is 45.0 Å². The fourth-order valence-corrected chi connectivity index (χ4v) is 5.94. The fourth-order valence-electron chi connectivity index (χ4n) is 4.01. The summed E-state index contributed by atoms with van der Waals surface area (Å²) in [5, 5.41) is 8.55. The number of nitrogens with one attached hydrogen (secondary N) is 1. The molecule has 1 aliphatic carbocycles. The smallest absolute Gasteiger partial charge is 0.263 e. The van der Waals surface area contributed by atoms with E-state index in [4.69, 9.17) is 4.98 Å². The normalized spacial score (nSPS) is 14.8. The minimum Gasteiger partial charge on any atom is -0.310 e. The molecule has 3 heterocycles. The van der Waals surface area contributed by atoms with Crippen LogP contribution in [-0.2, 0) is 4.79 Å². The van der Waals surface area contributed by atoms with Crippen molar-refractivity contribution < 1.29 is 4.79 Å². The lowest BCUT2D eigenvalue weighted by Crippen LogP contribution is -2.27. The number of thiophene rings is 1. The molecule has 1 aliphatic rings. The molecule has 4 rings (SSSR count). The minimum absolute atomic E-state index is 0.0366. The number of hydrogen-bond acceptors (Lipinski definition) is 6. The Morgan fingerprint density at radius 3 is 2.77 bits per heavy atom. The van der Waals surface area contributed by atoms with Crippen LogP contribution in [0.3, 0.4) is 0 Å². The highest BCUT2D eigenvalue weighted by molar-refractivity contribution is 7.99. The van der Waals surface area contributed by atoms with Crippen molar-refractivity contribution in [1.82, 2.24) is 19.3 Å². The molecule has 3 aromatic heterocycles. The molecule has 7 nitrogen and oxygen atoms in total. The monoisotopic (exact) mass is 445 g/mol. The van der Waals surface area contributed by atoms with Gasteiger partial charge in [-0.25, -0.2) is 9.67 Å². The first-order chi connectivity index (χ1) is 14.4. The summed E-state index contributed by atoms with van der Waals surface area (Å²) < 4.78 is 3.63. The Kier molecular flexibility index (Phi) is 6.02. The summed E-state index contributed by atoms with van der Waals surface area (Å²) in [7, 11) is 0. The van der Waals surface area contributed by atoms with E-state index < -0.39 is 0 Å². The van der Waals surface area contributed by atoms with Gasteiger partial charge in [-0.05, 0) is 46.1 Å². The van der Waals surface area contributed by atoms with Crippen LogP contribution in [-0.4, -0.2) is 31.0 Å². The van der Waals surface area contributed by atoms with Crippen molar-refractivity contribution in [3.63, 3.8) is 0 Å². The second-order valence-electron chi connectivity index (χ2n) is 8.06. The minimum atomic E-state index is -0.131. The molecular formula is C21H27N5O2S2. The number of aromatic nitrogens is 4. The highest BCUT2D eigenvalue weighted by atomic mass is 32.2. The predicted octanol–water partition coefficient (Wildman–Crippen LogP) is 4.70. The van der Waals surface area contributed by atoms with E-state index in [9.17, 15) is 9.59 Å². The molecule has 1 N–H and O–H groups in total. The lowest BCUT2D eigenvalue weighted by Gasteiger charge is -2.18. The molecule has 0 bridgehead atoms. The SMILES string of the molecule is Cc1sc2nc(SCC(=O)Nc3ccnn3C(C)C)n(C3CCCC3)c(=O)c2c1C. The van der Waals surface area contributed by atoms with Crippen LogP contribution in [0, 0.1) is 13.8 Å². The first-order valence-electron chi connectivity index (χ1n) is 10.3. The van der Waals surface area contributed by atoms with Crippen molar-refractivity contribution in [3.8, 4) is 0 Å². The third-order valence-electron chi connectivity index (χ3n) is 5.65. The lowest BCUT2D eigenvalue weighted by atomic mass is 10.2. The molecule has 0 saturated heterocycles. The summed E-state index contributed by atoms with van der Waals surface area (Å²) in [4.78, 5) is 32.7. The second kappa shape index (κ2) is 8.55. The summed E-state index contributed by atoms with van der Waals surface area (Å²) in [5.74, 6) is 0.738. The third kappa shape index (κ3) is 3.92. The molecular weight excluding hydrogens is 418 g/mol. The van der Waals surface area contributed by atoms with Crippen molar-refractivity contribution in [2.75, 3.05) is 11.1 Å². The van der Waals surface area contributed by atoms with Crippen molar-refractivity contribution in [1.29, 1.82) is 0 Å². The molecule has 30 heavy (non-hydrogen) atoms. The molecule has 160 valence electrons. The van der Waals surface area contributed by atoms with Gasteiger partial charge in [-0.2, -0.15) is 5.10 Å². The standard InChI is InChI=1S/C21H27N5O2S2/c1-12(2)26-16(9-10-22-26)23-17(27)11-29-21-24-19-18(13(3)14(4)30-19)20(28)25(21)15-7-5-6-8-15/h9-10,12,15H,5-8,11H2,1-4H3,(H,23,27). The first-order valence-corrected chi connectivity index (χ1v) is 12.2. The van der Waals surface area contributed by atoms with Gasteiger partial charge >= 0.3 is 0 Å². The Hall–Kier alpha value is -2.13. The Balaban J connectivity index is 1.61. The molecule has 1 fully saturated rings. The number of nitrogens with zero attached hydrogens (tertiary/aromatic N) is 4. The van der Waals surface area contributed by atoms with Crippen LogP contribution in [0.5, 0.6) is 0 Å². The van der Waals surface area contributed by atoms with E-state index in [-0.39, 0.29) is 29.3 Å². The number of rotatable bonds is 6. The van der Waals surface area contributed by atoms with Gasteiger partial charge in [0, 0.05) is 23.0 Å². The maximum atomic E-state index is 13.4. The number of carbonyl (C=O) groups excluding carboxylic acids is 1. The van der Waals surface area contributed by atoms with Gasteiger partial charge in [0.1, 0.15) is 10.6 Å². The molecule has 0 atom stereocenters. The summed E-state index contributed by atoms with van der Waals surface area (Å²) in [5.41, 5.74) is 1.06. The van der Waals surface area contributed by atoms with E-state index >= 15 is 0 Å². The van der Waals surface area contributed by atoms with Crippen LogP contribution < -0.4 is 10.9 Å². The summed E-state index contributed by atoms with van der Waals surface area (Å²) in [6.07, 6.45) is 5.91.